The summed E-state index contributed by atoms with van der Waals surface area (Å²) in [5, 5.41) is 6.55. The molecule has 132 valence electrons. The highest BCUT2D eigenvalue weighted by atomic mass is 16.1. The van der Waals surface area contributed by atoms with Gasteiger partial charge in [-0.3, -0.25) is 9.78 Å². The number of carbonyl (C=O) groups excluding carboxylic acids is 1. The van der Waals surface area contributed by atoms with E-state index in [4.69, 9.17) is 0 Å². The lowest BCUT2D eigenvalue weighted by Gasteiger charge is -2.24. The lowest BCUT2D eigenvalue weighted by molar-refractivity contribution is -0.123. The van der Waals surface area contributed by atoms with E-state index in [2.05, 4.69) is 29.5 Å². The maximum atomic E-state index is 12.9. The van der Waals surface area contributed by atoms with Crippen LogP contribution in [0.1, 0.15) is 47.7 Å². The molecule has 3 rings (SSSR count). The Bertz CT molecular complexity index is 740. The van der Waals surface area contributed by atoms with Crippen molar-refractivity contribution in [1.29, 1.82) is 0 Å². The molecule has 1 amide bonds. The highest BCUT2D eigenvalue weighted by molar-refractivity contribution is 5.84. The van der Waals surface area contributed by atoms with E-state index in [1.165, 1.54) is 16.7 Å². The van der Waals surface area contributed by atoms with Gasteiger partial charge in [0, 0.05) is 25.0 Å². The van der Waals surface area contributed by atoms with Crippen LogP contribution in [0.2, 0.25) is 0 Å². The van der Waals surface area contributed by atoms with Crippen molar-refractivity contribution in [2.24, 2.45) is 5.92 Å². The van der Waals surface area contributed by atoms with E-state index in [0.29, 0.717) is 6.54 Å². The number of carbonyl (C=O) groups is 1. The third-order valence-electron chi connectivity index (χ3n) is 5.02. The van der Waals surface area contributed by atoms with E-state index in [1.807, 2.05) is 43.5 Å². The molecule has 0 bridgehead atoms. The van der Waals surface area contributed by atoms with Crippen molar-refractivity contribution in [3.8, 4) is 0 Å². The standard InChI is InChI=1S/C21H27N3O/c1-14(2)20(16-7-5-4-6-8-16)21(25)24-13-19-15(3)23-12-17-11-22-10-9-18(17)19/h4-8,12,14,20,22H,9-11,13H2,1-3H3,(H,24,25)/t20-/m0/s1. The zero-order valence-corrected chi connectivity index (χ0v) is 15.3. The van der Waals surface area contributed by atoms with Crippen molar-refractivity contribution in [3.05, 3.63) is 64.5 Å². The minimum Gasteiger partial charge on any atom is -0.351 e. The van der Waals surface area contributed by atoms with E-state index in [0.717, 1.165) is 30.8 Å². The Morgan fingerprint density at radius 1 is 1.28 bits per heavy atom. The highest BCUT2D eigenvalue weighted by Gasteiger charge is 2.24. The number of fused-ring (bicyclic) bond motifs is 1. The van der Waals surface area contributed by atoms with Gasteiger partial charge in [-0.15, -0.1) is 0 Å². The Hall–Kier alpha value is -2.20. The van der Waals surface area contributed by atoms with Gasteiger partial charge in [-0.2, -0.15) is 0 Å². The van der Waals surface area contributed by atoms with E-state index < -0.39 is 0 Å². The first-order valence-electron chi connectivity index (χ1n) is 9.07. The van der Waals surface area contributed by atoms with Crippen LogP contribution in [0.5, 0.6) is 0 Å². The number of pyridine rings is 1. The molecule has 0 radical (unpaired) electrons. The minimum absolute atomic E-state index is 0.0899. The number of nitrogens with one attached hydrogen (secondary N) is 2. The predicted octanol–water partition coefficient (Wildman–Crippen LogP) is 3.09. The van der Waals surface area contributed by atoms with E-state index >= 15 is 0 Å². The quantitative estimate of drug-likeness (QED) is 0.881. The first-order chi connectivity index (χ1) is 12.1. The number of benzene rings is 1. The zero-order valence-electron chi connectivity index (χ0n) is 15.3. The summed E-state index contributed by atoms with van der Waals surface area (Å²) in [6.07, 6.45) is 2.96. The summed E-state index contributed by atoms with van der Waals surface area (Å²) in [5.74, 6) is 0.207. The largest absolute Gasteiger partial charge is 0.351 e. The number of hydrogen-bond donors (Lipinski definition) is 2. The Balaban J connectivity index is 1.78. The molecule has 4 heteroatoms. The van der Waals surface area contributed by atoms with Gasteiger partial charge in [0.15, 0.2) is 0 Å². The van der Waals surface area contributed by atoms with Crippen LogP contribution in [0.25, 0.3) is 0 Å². The molecule has 0 spiro atoms. The van der Waals surface area contributed by atoms with Crippen molar-refractivity contribution in [2.45, 2.75) is 46.2 Å². The molecule has 1 aliphatic heterocycles. The molecule has 1 atom stereocenters. The van der Waals surface area contributed by atoms with Crippen LogP contribution >= 0.6 is 0 Å². The number of aromatic nitrogens is 1. The number of aryl methyl sites for hydroxylation is 1. The maximum Gasteiger partial charge on any atom is 0.228 e. The summed E-state index contributed by atoms with van der Waals surface area (Å²) in [7, 11) is 0. The molecule has 2 heterocycles. The Morgan fingerprint density at radius 2 is 2.04 bits per heavy atom. The second kappa shape index (κ2) is 7.79. The highest BCUT2D eigenvalue weighted by Crippen LogP contribution is 2.25. The van der Waals surface area contributed by atoms with Crippen LogP contribution in [0.3, 0.4) is 0 Å². The number of nitrogens with zero attached hydrogens (tertiary/aromatic N) is 1. The molecule has 1 aromatic heterocycles. The van der Waals surface area contributed by atoms with Gasteiger partial charge in [0.05, 0.1) is 5.92 Å². The Morgan fingerprint density at radius 3 is 2.76 bits per heavy atom. The molecule has 0 saturated carbocycles. The lowest BCUT2D eigenvalue weighted by Crippen LogP contribution is -2.33. The summed E-state index contributed by atoms with van der Waals surface area (Å²) in [4.78, 5) is 17.4. The smallest absolute Gasteiger partial charge is 0.228 e. The van der Waals surface area contributed by atoms with Gasteiger partial charge >= 0.3 is 0 Å². The third kappa shape index (κ3) is 3.90. The third-order valence-corrected chi connectivity index (χ3v) is 5.02. The molecule has 4 nitrogen and oxygen atoms in total. The van der Waals surface area contributed by atoms with E-state index in [-0.39, 0.29) is 17.7 Å². The average Bonchev–Trinajstić information content (AvgIpc) is 2.61. The molecular formula is C21H27N3O. The van der Waals surface area contributed by atoms with Crippen LogP contribution in [0.15, 0.2) is 36.5 Å². The van der Waals surface area contributed by atoms with E-state index in [9.17, 15) is 4.79 Å². The average molecular weight is 337 g/mol. The molecular weight excluding hydrogens is 310 g/mol. The van der Waals surface area contributed by atoms with Gasteiger partial charge in [0.25, 0.3) is 0 Å². The fourth-order valence-corrected chi connectivity index (χ4v) is 3.66. The summed E-state index contributed by atoms with van der Waals surface area (Å²) in [5.41, 5.74) is 5.88. The number of rotatable bonds is 5. The van der Waals surface area contributed by atoms with Gasteiger partial charge in [0.1, 0.15) is 0 Å². The van der Waals surface area contributed by atoms with Crippen LogP contribution in [0, 0.1) is 12.8 Å². The number of amides is 1. The molecule has 2 N–H and O–H groups in total. The van der Waals surface area contributed by atoms with Crippen molar-refractivity contribution in [2.75, 3.05) is 6.54 Å². The Kier molecular flexibility index (Phi) is 5.49. The topological polar surface area (TPSA) is 54.0 Å². The summed E-state index contributed by atoms with van der Waals surface area (Å²) >= 11 is 0. The van der Waals surface area contributed by atoms with E-state index in [1.54, 1.807) is 0 Å². The molecule has 0 aliphatic carbocycles. The Labute approximate surface area is 150 Å². The monoisotopic (exact) mass is 337 g/mol. The van der Waals surface area contributed by atoms with Crippen molar-refractivity contribution < 1.29 is 4.79 Å². The summed E-state index contributed by atoms with van der Waals surface area (Å²) < 4.78 is 0. The summed E-state index contributed by atoms with van der Waals surface area (Å²) in [6, 6.07) is 10.0. The van der Waals surface area contributed by atoms with Crippen LogP contribution in [-0.4, -0.2) is 17.4 Å². The molecule has 0 unspecified atom stereocenters. The SMILES string of the molecule is Cc1ncc2c(c1CNC(=O)[C@H](c1ccccc1)C(C)C)CCNC2. The second-order valence-corrected chi connectivity index (χ2v) is 7.10. The molecule has 1 aliphatic rings. The molecule has 1 aromatic carbocycles. The van der Waals surface area contributed by atoms with Crippen LogP contribution in [0.4, 0.5) is 0 Å². The lowest BCUT2D eigenvalue weighted by atomic mass is 9.87. The molecule has 2 aromatic rings. The first kappa shape index (κ1) is 17.6. The van der Waals surface area contributed by atoms with Crippen molar-refractivity contribution in [1.82, 2.24) is 15.6 Å². The van der Waals surface area contributed by atoms with Gasteiger partial charge in [-0.05, 0) is 48.1 Å². The van der Waals surface area contributed by atoms with Crippen molar-refractivity contribution >= 4 is 5.91 Å². The first-order valence-corrected chi connectivity index (χ1v) is 9.07. The maximum absolute atomic E-state index is 12.9. The molecule has 0 fully saturated rings. The van der Waals surface area contributed by atoms with Crippen LogP contribution in [-0.2, 0) is 24.3 Å². The fourth-order valence-electron chi connectivity index (χ4n) is 3.66. The molecule has 0 saturated heterocycles. The zero-order chi connectivity index (χ0) is 17.8. The van der Waals surface area contributed by atoms with Gasteiger partial charge in [0.2, 0.25) is 5.91 Å². The second-order valence-electron chi connectivity index (χ2n) is 7.10. The molecule has 25 heavy (non-hydrogen) atoms. The van der Waals surface area contributed by atoms with Gasteiger partial charge in [-0.1, -0.05) is 44.2 Å². The normalized spacial score (nSPS) is 14.9. The minimum atomic E-state index is -0.129. The van der Waals surface area contributed by atoms with Crippen LogP contribution < -0.4 is 10.6 Å². The van der Waals surface area contributed by atoms with Gasteiger partial charge in [-0.25, -0.2) is 0 Å². The predicted molar refractivity (Wildman–Crippen MR) is 100 cm³/mol. The summed E-state index contributed by atoms with van der Waals surface area (Å²) in [6.45, 7) is 8.62. The van der Waals surface area contributed by atoms with Crippen molar-refractivity contribution in [3.63, 3.8) is 0 Å². The number of hydrogen-bond acceptors (Lipinski definition) is 3. The fraction of sp³-hybridized carbons (Fsp3) is 0.429. The van der Waals surface area contributed by atoms with Gasteiger partial charge < -0.3 is 10.6 Å².